The number of aryl methyl sites for hydroxylation is 1. The number of nitrogen functional groups attached to an aromatic ring is 1. The molecule has 0 spiro atoms. The Balaban J connectivity index is 1.87. The Morgan fingerprint density at radius 3 is 2.92 bits per heavy atom. The predicted octanol–water partition coefficient (Wildman–Crippen LogP) is 0.852. The van der Waals surface area contributed by atoms with E-state index in [-0.39, 0.29) is 17.4 Å². The molecular weight excluding hydrogens is 324 g/mol. The van der Waals surface area contributed by atoms with E-state index in [1.54, 1.807) is 0 Å². The number of hydrogen-bond acceptors (Lipinski definition) is 5. The molecule has 0 saturated carbocycles. The second kappa shape index (κ2) is 6.84. The lowest BCUT2D eigenvalue weighted by Gasteiger charge is -2.27. The number of aromatic amines is 2. The van der Waals surface area contributed by atoms with Crippen molar-refractivity contribution in [3.8, 4) is 5.75 Å². The summed E-state index contributed by atoms with van der Waals surface area (Å²) in [6.45, 7) is 2.52. The fourth-order valence-electron chi connectivity index (χ4n) is 3.10. The molecule has 25 heavy (non-hydrogen) atoms. The van der Waals surface area contributed by atoms with Crippen LogP contribution in [0.4, 0.5) is 5.69 Å². The maximum absolute atomic E-state index is 12.5. The molecule has 0 unspecified atom stereocenters. The number of fused-ring (bicyclic) bond motifs is 1. The molecule has 0 bridgehead atoms. The first kappa shape index (κ1) is 16.8. The maximum Gasteiger partial charge on any atom is 0.326 e. The van der Waals surface area contributed by atoms with Crippen LogP contribution in [0.5, 0.6) is 5.75 Å². The van der Waals surface area contributed by atoms with Crippen molar-refractivity contribution < 1.29 is 9.53 Å². The van der Waals surface area contributed by atoms with E-state index in [4.69, 9.17) is 10.5 Å². The third-order valence-corrected chi connectivity index (χ3v) is 4.25. The van der Waals surface area contributed by atoms with Crippen molar-refractivity contribution in [2.45, 2.75) is 32.2 Å². The van der Waals surface area contributed by atoms with E-state index in [2.05, 4.69) is 10.3 Å². The fourth-order valence-corrected chi connectivity index (χ4v) is 3.10. The molecule has 0 fully saturated rings. The molecule has 132 valence electrons. The summed E-state index contributed by atoms with van der Waals surface area (Å²) in [5, 5.41) is 2.86. The number of amides is 1. The number of nitrogens with two attached hydrogens (primary N) is 1. The number of aromatic nitrogens is 2. The molecule has 0 radical (unpaired) electrons. The topological polar surface area (TPSA) is 130 Å². The van der Waals surface area contributed by atoms with Gasteiger partial charge in [-0.15, -0.1) is 0 Å². The number of carbonyl (C=O) groups excluding carboxylic acids is 1. The number of rotatable bonds is 4. The van der Waals surface area contributed by atoms with Crippen LogP contribution in [0.25, 0.3) is 0 Å². The SMILES string of the molecule is CCOc1ccc2c(c1)CCC[C@@H]2NC(=O)c1[nH]c(=O)[nH]c(=O)c1N. The van der Waals surface area contributed by atoms with E-state index in [1.807, 2.05) is 30.1 Å². The highest BCUT2D eigenvalue weighted by molar-refractivity contribution is 5.97. The quantitative estimate of drug-likeness (QED) is 0.653. The van der Waals surface area contributed by atoms with Gasteiger partial charge in [-0.1, -0.05) is 6.07 Å². The minimum atomic E-state index is -0.778. The molecule has 1 aromatic carbocycles. The summed E-state index contributed by atoms with van der Waals surface area (Å²) >= 11 is 0. The van der Waals surface area contributed by atoms with Gasteiger partial charge >= 0.3 is 5.69 Å². The Morgan fingerprint density at radius 1 is 1.36 bits per heavy atom. The Morgan fingerprint density at radius 2 is 2.16 bits per heavy atom. The van der Waals surface area contributed by atoms with E-state index in [0.29, 0.717) is 6.61 Å². The highest BCUT2D eigenvalue weighted by atomic mass is 16.5. The van der Waals surface area contributed by atoms with Crippen LogP contribution < -0.4 is 27.0 Å². The van der Waals surface area contributed by atoms with Crippen LogP contribution in [0.15, 0.2) is 27.8 Å². The Kier molecular flexibility index (Phi) is 4.60. The number of benzene rings is 1. The summed E-state index contributed by atoms with van der Waals surface area (Å²) in [6.07, 6.45) is 2.58. The second-order valence-corrected chi connectivity index (χ2v) is 5.91. The van der Waals surface area contributed by atoms with E-state index in [1.165, 1.54) is 0 Å². The van der Waals surface area contributed by atoms with Gasteiger partial charge in [0, 0.05) is 0 Å². The van der Waals surface area contributed by atoms with E-state index in [0.717, 1.165) is 36.1 Å². The normalized spacial score (nSPS) is 16.1. The standard InChI is InChI=1S/C17H20N4O4/c1-2-25-10-6-7-11-9(8-10)4-3-5-12(11)19-16(23)14-13(18)15(22)21-17(24)20-14/h6-8,12H,2-5,18H2,1H3,(H,19,23)(H2,20,21,22,24)/t12-/m0/s1. The lowest BCUT2D eigenvalue weighted by molar-refractivity contribution is 0.0928. The lowest BCUT2D eigenvalue weighted by Crippen LogP contribution is -2.36. The van der Waals surface area contributed by atoms with E-state index in [9.17, 15) is 14.4 Å². The van der Waals surface area contributed by atoms with Crippen molar-refractivity contribution >= 4 is 11.6 Å². The van der Waals surface area contributed by atoms with Gasteiger partial charge < -0.3 is 20.8 Å². The summed E-state index contributed by atoms with van der Waals surface area (Å²) in [5.74, 6) is 0.226. The predicted molar refractivity (Wildman–Crippen MR) is 92.9 cm³/mol. The molecule has 1 aliphatic rings. The van der Waals surface area contributed by atoms with Crippen molar-refractivity contribution in [1.29, 1.82) is 0 Å². The Bertz CT molecular complexity index is 916. The van der Waals surface area contributed by atoms with E-state index < -0.39 is 17.2 Å². The number of H-pyrrole nitrogens is 2. The smallest absolute Gasteiger partial charge is 0.326 e. The zero-order valence-electron chi connectivity index (χ0n) is 13.8. The first-order valence-corrected chi connectivity index (χ1v) is 8.18. The second-order valence-electron chi connectivity index (χ2n) is 5.91. The van der Waals surface area contributed by atoms with E-state index >= 15 is 0 Å². The van der Waals surface area contributed by atoms with Gasteiger partial charge in [-0.2, -0.15) is 0 Å². The number of hydrogen-bond donors (Lipinski definition) is 4. The van der Waals surface area contributed by atoms with Gasteiger partial charge in [0.1, 0.15) is 17.1 Å². The largest absolute Gasteiger partial charge is 0.494 e. The zero-order valence-corrected chi connectivity index (χ0v) is 13.8. The van der Waals surface area contributed by atoms with Crippen LogP contribution >= 0.6 is 0 Å². The minimum absolute atomic E-state index is 0.214. The average molecular weight is 344 g/mol. The fraction of sp³-hybridized carbons (Fsp3) is 0.353. The minimum Gasteiger partial charge on any atom is -0.494 e. The molecule has 0 saturated heterocycles. The van der Waals surface area contributed by atoms with Crippen molar-refractivity contribution in [2.75, 3.05) is 12.3 Å². The first-order valence-electron chi connectivity index (χ1n) is 8.18. The first-order chi connectivity index (χ1) is 12.0. The van der Waals surface area contributed by atoms with Crippen LogP contribution in [0, 0.1) is 0 Å². The highest BCUT2D eigenvalue weighted by Gasteiger charge is 2.24. The van der Waals surface area contributed by atoms with Gasteiger partial charge in [-0.05, 0) is 49.4 Å². The number of nitrogens with one attached hydrogen (secondary N) is 3. The van der Waals surface area contributed by atoms with Crippen LogP contribution in [0.2, 0.25) is 0 Å². The van der Waals surface area contributed by atoms with Crippen molar-refractivity contribution in [3.63, 3.8) is 0 Å². The summed E-state index contributed by atoms with van der Waals surface area (Å²) in [7, 11) is 0. The van der Waals surface area contributed by atoms with Crippen molar-refractivity contribution in [2.24, 2.45) is 0 Å². The summed E-state index contributed by atoms with van der Waals surface area (Å²) < 4.78 is 5.52. The van der Waals surface area contributed by atoms with Crippen LogP contribution in [0.3, 0.4) is 0 Å². The highest BCUT2D eigenvalue weighted by Crippen LogP contribution is 2.32. The maximum atomic E-state index is 12.5. The zero-order chi connectivity index (χ0) is 18.0. The summed E-state index contributed by atoms with van der Waals surface area (Å²) in [5.41, 5.74) is 5.67. The number of carbonyl (C=O) groups is 1. The third-order valence-electron chi connectivity index (χ3n) is 4.25. The molecule has 2 aromatic rings. The van der Waals surface area contributed by atoms with Gasteiger partial charge in [0.15, 0.2) is 0 Å². The summed E-state index contributed by atoms with van der Waals surface area (Å²) in [6, 6.07) is 5.58. The average Bonchev–Trinajstić information content (AvgIpc) is 2.58. The molecule has 5 N–H and O–H groups in total. The lowest BCUT2D eigenvalue weighted by atomic mass is 9.87. The molecule has 1 amide bonds. The van der Waals surface area contributed by atoms with Crippen LogP contribution in [-0.4, -0.2) is 22.5 Å². The van der Waals surface area contributed by atoms with Crippen LogP contribution in [0.1, 0.15) is 47.4 Å². The molecular formula is C17H20N4O4. The van der Waals surface area contributed by atoms with Gasteiger partial charge in [0.25, 0.3) is 11.5 Å². The Hall–Kier alpha value is -3.03. The van der Waals surface area contributed by atoms with Gasteiger partial charge in [-0.25, -0.2) is 4.79 Å². The number of ether oxygens (including phenoxy) is 1. The number of anilines is 1. The van der Waals surface area contributed by atoms with Gasteiger partial charge in [0.2, 0.25) is 0 Å². The van der Waals surface area contributed by atoms with Gasteiger partial charge in [-0.3, -0.25) is 14.6 Å². The van der Waals surface area contributed by atoms with Crippen molar-refractivity contribution in [3.05, 3.63) is 55.9 Å². The molecule has 1 aliphatic carbocycles. The molecule has 1 heterocycles. The third kappa shape index (κ3) is 3.42. The van der Waals surface area contributed by atoms with Crippen molar-refractivity contribution in [1.82, 2.24) is 15.3 Å². The van der Waals surface area contributed by atoms with Gasteiger partial charge in [0.05, 0.1) is 12.6 Å². The monoisotopic (exact) mass is 344 g/mol. The summed E-state index contributed by atoms with van der Waals surface area (Å²) in [4.78, 5) is 39.7. The van der Waals surface area contributed by atoms with Crippen LogP contribution in [-0.2, 0) is 6.42 Å². The molecule has 8 nitrogen and oxygen atoms in total. The molecule has 3 rings (SSSR count). The molecule has 0 aliphatic heterocycles. The molecule has 8 heteroatoms. The molecule has 1 atom stereocenters. The Labute approximate surface area is 143 Å². The molecule has 1 aromatic heterocycles.